The van der Waals surface area contributed by atoms with Crippen LogP contribution >= 0.6 is 12.4 Å². The second kappa shape index (κ2) is 7.13. The molecular formula is C14H18ClF3N2O. The van der Waals surface area contributed by atoms with Gasteiger partial charge in [0, 0.05) is 17.6 Å². The van der Waals surface area contributed by atoms with Crippen LogP contribution in [0.25, 0.3) is 0 Å². The fourth-order valence-electron chi connectivity index (χ4n) is 2.53. The number of benzene rings is 1. The van der Waals surface area contributed by atoms with Crippen molar-refractivity contribution < 1.29 is 18.0 Å². The van der Waals surface area contributed by atoms with Crippen LogP contribution in [0.3, 0.4) is 0 Å². The Morgan fingerprint density at radius 2 is 1.81 bits per heavy atom. The van der Waals surface area contributed by atoms with Crippen LogP contribution in [-0.4, -0.2) is 24.5 Å². The lowest BCUT2D eigenvalue weighted by Gasteiger charge is -2.36. The fourth-order valence-corrected chi connectivity index (χ4v) is 2.53. The molecule has 0 spiro atoms. The maximum Gasteiger partial charge on any atom is 0.251 e. The summed E-state index contributed by atoms with van der Waals surface area (Å²) >= 11 is 0. The van der Waals surface area contributed by atoms with E-state index in [-0.39, 0.29) is 36.0 Å². The van der Waals surface area contributed by atoms with Crippen molar-refractivity contribution in [2.24, 2.45) is 5.92 Å². The molecule has 1 heterocycles. The third-order valence-electron chi connectivity index (χ3n) is 3.76. The van der Waals surface area contributed by atoms with Gasteiger partial charge in [-0.05, 0) is 37.9 Å². The first kappa shape index (κ1) is 17.8. The highest BCUT2D eigenvalue weighted by Gasteiger charge is 2.29. The van der Waals surface area contributed by atoms with E-state index in [2.05, 4.69) is 10.6 Å². The maximum absolute atomic E-state index is 13.1. The van der Waals surface area contributed by atoms with Gasteiger partial charge in [-0.2, -0.15) is 0 Å². The molecule has 1 amide bonds. The van der Waals surface area contributed by atoms with Gasteiger partial charge in [0.1, 0.15) is 0 Å². The Morgan fingerprint density at radius 1 is 1.24 bits per heavy atom. The van der Waals surface area contributed by atoms with Gasteiger partial charge < -0.3 is 10.6 Å². The van der Waals surface area contributed by atoms with Crippen LogP contribution < -0.4 is 10.6 Å². The predicted octanol–water partition coefficient (Wildman–Crippen LogP) is 2.64. The monoisotopic (exact) mass is 322 g/mol. The van der Waals surface area contributed by atoms with E-state index >= 15 is 0 Å². The number of nitrogens with one attached hydrogen (secondary N) is 2. The smallest absolute Gasteiger partial charge is 0.251 e. The van der Waals surface area contributed by atoms with Gasteiger partial charge in [-0.25, -0.2) is 13.2 Å². The summed E-state index contributed by atoms with van der Waals surface area (Å²) in [4.78, 5) is 12.0. The van der Waals surface area contributed by atoms with E-state index in [0.29, 0.717) is 12.1 Å². The number of carbonyl (C=O) groups excluding carboxylic acids is 1. The quantitative estimate of drug-likeness (QED) is 0.822. The predicted molar refractivity (Wildman–Crippen MR) is 76.1 cm³/mol. The average molecular weight is 323 g/mol. The lowest BCUT2D eigenvalue weighted by atomic mass is 9.89. The molecule has 1 saturated heterocycles. The van der Waals surface area contributed by atoms with Crippen molar-refractivity contribution in [3.8, 4) is 0 Å². The standard InChI is InChI=1S/C14H17F3N2O.ClH/c1-7-3-4-18-8(2)13(7)19-14(20)9-5-10(15)12(17)11(16)6-9;/h5-8,13,18H,3-4H2,1-2H3,(H,19,20);1H. The second-order valence-electron chi connectivity index (χ2n) is 5.26. The van der Waals surface area contributed by atoms with Crippen LogP contribution in [0.4, 0.5) is 13.2 Å². The van der Waals surface area contributed by atoms with Crippen molar-refractivity contribution in [2.75, 3.05) is 6.54 Å². The van der Waals surface area contributed by atoms with Crippen molar-refractivity contribution in [1.82, 2.24) is 10.6 Å². The minimum absolute atomic E-state index is 0. The molecule has 0 aromatic heterocycles. The van der Waals surface area contributed by atoms with E-state index in [1.54, 1.807) is 0 Å². The molecule has 1 aliphatic rings. The molecule has 1 aromatic rings. The Kier molecular flexibility index (Phi) is 6.04. The fraction of sp³-hybridized carbons (Fsp3) is 0.500. The first-order valence-electron chi connectivity index (χ1n) is 6.59. The number of amides is 1. The van der Waals surface area contributed by atoms with E-state index in [4.69, 9.17) is 0 Å². The molecule has 3 atom stereocenters. The number of rotatable bonds is 2. The molecule has 1 aliphatic heterocycles. The molecule has 2 N–H and O–H groups in total. The van der Waals surface area contributed by atoms with E-state index in [1.165, 1.54) is 0 Å². The summed E-state index contributed by atoms with van der Waals surface area (Å²) in [6, 6.07) is 1.35. The number of hydrogen-bond acceptors (Lipinski definition) is 2. The molecule has 21 heavy (non-hydrogen) atoms. The largest absolute Gasteiger partial charge is 0.347 e. The third kappa shape index (κ3) is 3.89. The number of hydrogen-bond donors (Lipinski definition) is 2. The molecule has 2 rings (SSSR count). The highest BCUT2D eigenvalue weighted by atomic mass is 35.5. The summed E-state index contributed by atoms with van der Waals surface area (Å²) in [7, 11) is 0. The van der Waals surface area contributed by atoms with Crippen LogP contribution in [0.2, 0.25) is 0 Å². The Labute approximate surface area is 127 Å². The van der Waals surface area contributed by atoms with Gasteiger partial charge in [0.05, 0.1) is 0 Å². The van der Waals surface area contributed by atoms with Crippen molar-refractivity contribution in [3.63, 3.8) is 0 Å². The zero-order chi connectivity index (χ0) is 14.9. The number of halogens is 4. The van der Waals surface area contributed by atoms with Gasteiger partial charge in [-0.15, -0.1) is 12.4 Å². The topological polar surface area (TPSA) is 41.1 Å². The van der Waals surface area contributed by atoms with Crippen LogP contribution in [0.5, 0.6) is 0 Å². The van der Waals surface area contributed by atoms with Crippen molar-refractivity contribution in [2.45, 2.75) is 32.4 Å². The molecule has 0 radical (unpaired) electrons. The summed E-state index contributed by atoms with van der Waals surface area (Å²) in [6.07, 6.45) is 0.904. The summed E-state index contributed by atoms with van der Waals surface area (Å²) < 4.78 is 39.1. The van der Waals surface area contributed by atoms with Crippen molar-refractivity contribution in [1.29, 1.82) is 0 Å². The minimum Gasteiger partial charge on any atom is -0.347 e. The number of piperidine rings is 1. The molecule has 7 heteroatoms. The molecule has 0 aliphatic carbocycles. The lowest BCUT2D eigenvalue weighted by molar-refractivity contribution is 0.0896. The highest BCUT2D eigenvalue weighted by Crippen LogP contribution is 2.18. The van der Waals surface area contributed by atoms with Crippen molar-refractivity contribution in [3.05, 3.63) is 35.1 Å². The summed E-state index contributed by atoms with van der Waals surface area (Å²) in [5.74, 6) is -4.64. The first-order valence-corrected chi connectivity index (χ1v) is 6.59. The van der Waals surface area contributed by atoms with Crippen LogP contribution in [0, 0.1) is 23.4 Å². The van der Waals surface area contributed by atoms with Gasteiger partial charge in [0.25, 0.3) is 5.91 Å². The number of carbonyl (C=O) groups is 1. The van der Waals surface area contributed by atoms with Gasteiger partial charge in [0.15, 0.2) is 17.5 Å². The highest BCUT2D eigenvalue weighted by molar-refractivity contribution is 5.94. The van der Waals surface area contributed by atoms with Crippen LogP contribution in [0.15, 0.2) is 12.1 Å². The second-order valence-corrected chi connectivity index (χ2v) is 5.26. The lowest BCUT2D eigenvalue weighted by Crippen LogP contribution is -2.55. The Balaban J connectivity index is 0.00000220. The van der Waals surface area contributed by atoms with Gasteiger partial charge in [0.2, 0.25) is 0 Å². The van der Waals surface area contributed by atoms with E-state index in [1.807, 2.05) is 13.8 Å². The molecule has 0 bridgehead atoms. The normalized spacial score (nSPS) is 25.1. The van der Waals surface area contributed by atoms with Gasteiger partial charge >= 0.3 is 0 Å². The van der Waals surface area contributed by atoms with E-state index < -0.39 is 23.4 Å². The van der Waals surface area contributed by atoms with Crippen LogP contribution in [0.1, 0.15) is 30.6 Å². The van der Waals surface area contributed by atoms with E-state index in [9.17, 15) is 18.0 Å². The zero-order valence-electron chi connectivity index (χ0n) is 11.8. The molecule has 3 unspecified atom stereocenters. The SMILES string of the molecule is CC1CCNC(C)C1NC(=O)c1cc(F)c(F)c(F)c1.Cl. The Hall–Kier alpha value is -1.27. The van der Waals surface area contributed by atoms with Crippen molar-refractivity contribution >= 4 is 18.3 Å². The average Bonchev–Trinajstić information content (AvgIpc) is 2.39. The third-order valence-corrected chi connectivity index (χ3v) is 3.76. The Bertz CT molecular complexity index is 494. The molecular weight excluding hydrogens is 305 g/mol. The summed E-state index contributed by atoms with van der Waals surface area (Å²) in [5.41, 5.74) is -0.216. The summed E-state index contributed by atoms with van der Waals surface area (Å²) in [5, 5.41) is 5.98. The van der Waals surface area contributed by atoms with Crippen LogP contribution in [-0.2, 0) is 0 Å². The van der Waals surface area contributed by atoms with Gasteiger partial charge in [-0.1, -0.05) is 6.92 Å². The maximum atomic E-state index is 13.1. The van der Waals surface area contributed by atoms with E-state index in [0.717, 1.165) is 13.0 Å². The molecule has 0 saturated carbocycles. The molecule has 1 aromatic carbocycles. The Morgan fingerprint density at radius 3 is 2.33 bits per heavy atom. The summed E-state index contributed by atoms with van der Waals surface area (Å²) in [6.45, 7) is 4.81. The molecule has 3 nitrogen and oxygen atoms in total. The first-order chi connectivity index (χ1) is 9.40. The molecule has 1 fully saturated rings. The minimum atomic E-state index is -1.57. The molecule has 118 valence electrons. The van der Waals surface area contributed by atoms with Gasteiger partial charge in [-0.3, -0.25) is 4.79 Å². The zero-order valence-corrected chi connectivity index (χ0v) is 12.6.